The van der Waals surface area contributed by atoms with Crippen LogP contribution >= 0.6 is 7.82 Å². The van der Waals surface area contributed by atoms with Crippen LogP contribution in [0.15, 0.2) is 45.7 Å². The van der Waals surface area contributed by atoms with Crippen LogP contribution in [0.3, 0.4) is 0 Å². The second-order valence-electron chi connectivity index (χ2n) is 7.38. The van der Waals surface area contributed by atoms with Crippen LogP contribution in [0.1, 0.15) is 11.1 Å². The fraction of sp³-hybridized carbons (Fsp3) is 0.190. The van der Waals surface area contributed by atoms with Gasteiger partial charge in [0.1, 0.15) is 6.73 Å². The Morgan fingerprint density at radius 2 is 1.89 bits per heavy atom. The molecule has 15 heteroatoms. The van der Waals surface area contributed by atoms with E-state index in [2.05, 4.69) is 25.1 Å². The van der Waals surface area contributed by atoms with Crippen molar-refractivity contribution < 1.29 is 32.4 Å². The van der Waals surface area contributed by atoms with Gasteiger partial charge in [-0.3, -0.25) is 4.52 Å². The molecule has 0 fully saturated rings. The quantitative estimate of drug-likeness (QED) is 0.240. The molecular weight excluding hydrogens is 524 g/mol. The molecule has 2 aromatic heterocycles. The number of nitrogens with zero attached hydrogens (tertiary/aromatic N) is 5. The van der Waals surface area contributed by atoms with Gasteiger partial charge in [-0.1, -0.05) is 11.9 Å². The van der Waals surface area contributed by atoms with Crippen LogP contribution in [0.4, 0.5) is 27.5 Å². The van der Waals surface area contributed by atoms with Crippen LogP contribution in [0.5, 0.6) is 5.75 Å². The predicted octanol–water partition coefficient (Wildman–Crippen LogP) is 4.51. The molecule has 2 heterocycles. The Morgan fingerprint density at radius 1 is 1.14 bits per heavy atom. The van der Waals surface area contributed by atoms with E-state index < -0.39 is 26.1 Å². The van der Waals surface area contributed by atoms with Gasteiger partial charge in [-0.2, -0.15) is 0 Å². The number of ether oxygens (including phenoxy) is 1. The number of rotatable bonds is 8. The smallest absolute Gasteiger partial charge is 0.494 e. The molecule has 0 unspecified atom stereocenters. The summed E-state index contributed by atoms with van der Waals surface area (Å²) >= 11 is 0. The first-order valence-electron chi connectivity index (χ1n) is 9.99. The zero-order valence-corrected chi connectivity index (χ0v) is 22.5. The van der Waals surface area contributed by atoms with Gasteiger partial charge in [0.15, 0.2) is 17.1 Å². The van der Waals surface area contributed by atoms with Crippen LogP contribution in [0, 0.1) is 19.7 Å². The third-order valence-electron chi connectivity index (χ3n) is 4.83. The molecule has 2 N–H and O–H groups in total. The van der Waals surface area contributed by atoms with Crippen molar-refractivity contribution in [3.63, 3.8) is 0 Å². The Bertz CT molecular complexity index is 1520. The van der Waals surface area contributed by atoms with Crippen molar-refractivity contribution in [1.82, 2.24) is 14.5 Å². The van der Waals surface area contributed by atoms with E-state index in [1.165, 1.54) is 37.6 Å². The topological polar surface area (TPSA) is 165 Å². The molecule has 2 aromatic carbocycles. The van der Waals surface area contributed by atoms with Crippen LogP contribution < -0.4 is 10.5 Å². The normalized spacial score (nSPS) is 11.3. The summed E-state index contributed by atoms with van der Waals surface area (Å²) in [5, 5.41) is 8.80. The number of phosphoric ester groups is 1. The number of fused-ring (bicyclic) bond motifs is 1. The molecule has 0 spiro atoms. The van der Waals surface area contributed by atoms with Gasteiger partial charge in [-0.25, -0.2) is 18.3 Å². The third-order valence-corrected chi connectivity index (χ3v) is 5.28. The van der Waals surface area contributed by atoms with Gasteiger partial charge in [0.2, 0.25) is 0 Å². The van der Waals surface area contributed by atoms with Crippen molar-refractivity contribution in [3.05, 3.63) is 74.7 Å². The number of hydrogen-bond acceptors (Lipinski definition) is 7. The van der Waals surface area contributed by atoms with Crippen LogP contribution in [-0.2, 0) is 15.8 Å². The maximum atomic E-state index is 14.0. The van der Waals surface area contributed by atoms with Gasteiger partial charge in [0, 0.05) is 0 Å². The average molecular weight is 543 g/mol. The molecule has 12 nitrogen and oxygen atoms in total. The van der Waals surface area contributed by atoms with Crippen molar-refractivity contribution >= 4 is 79.8 Å². The van der Waals surface area contributed by atoms with Gasteiger partial charge in [0.05, 0.1) is 12.6 Å². The van der Waals surface area contributed by atoms with E-state index in [0.29, 0.717) is 22.5 Å². The molecule has 0 aliphatic rings. The number of benzene rings is 2. The molecule has 0 atom stereocenters. The molecule has 184 valence electrons. The standard InChI is InChI=1S/C21H19FN5O7P.Ca/c1-11-6-14(8-17(32-3)18(11)22)25-20-23-9-12(2)19(26-20)24-13-4-5-16-15(7-13)27(21(28)34-16)10-33-35(29,30)31;/h4-9H,10H2,1-3H3,(H2-2,23,24,25,26,29,30,31);/q-2;+2. The van der Waals surface area contributed by atoms with Gasteiger partial charge in [-0.05, 0) is 72.8 Å². The molecule has 36 heavy (non-hydrogen) atoms. The van der Waals surface area contributed by atoms with Crippen molar-refractivity contribution in [2.24, 2.45) is 0 Å². The van der Waals surface area contributed by atoms with Gasteiger partial charge >= 0.3 is 51.3 Å². The van der Waals surface area contributed by atoms with Gasteiger partial charge in [-0.15, -0.1) is 0 Å². The van der Waals surface area contributed by atoms with Crippen LogP contribution in [0.25, 0.3) is 21.7 Å². The first kappa shape index (κ1) is 28.1. The van der Waals surface area contributed by atoms with Crippen LogP contribution in [-0.4, -0.2) is 69.2 Å². The largest absolute Gasteiger partial charge is 2.00 e. The monoisotopic (exact) mass is 543 g/mol. The zero-order valence-electron chi connectivity index (χ0n) is 19.4. The first-order valence-corrected chi connectivity index (χ1v) is 11.5. The summed E-state index contributed by atoms with van der Waals surface area (Å²) < 4.78 is 40.5. The minimum atomic E-state index is -4.80. The Balaban J connectivity index is 0.00000361. The number of methoxy groups -OCH3 is 1. The number of aromatic nitrogens is 3. The summed E-state index contributed by atoms with van der Waals surface area (Å²) in [4.78, 5) is 38.4. The maximum Gasteiger partial charge on any atom is 2.00 e. The molecule has 0 radical (unpaired) electrons. The summed E-state index contributed by atoms with van der Waals surface area (Å²) in [7, 11) is -3.45. The van der Waals surface area contributed by atoms with Crippen molar-refractivity contribution in [1.29, 1.82) is 0 Å². The molecule has 0 amide bonds. The molecule has 0 aliphatic heterocycles. The molecule has 4 aromatic rings. The minimum Gasteiger partial charge on any atom is -0.494 e. The van der Waals surface area contributed by atoms with E-state index in [1.807, 2.05) is 0 Å². The number of phosphoric acid groups is 1. The van der Waals surface area contributed by atoms with Crippen molar-refractivity contribution in [3.8, 4) is 5.75 Å². The molecule has 4 rings (SSSR count). The number of hydrogen-bond donors (Lipinski definition) is 2. The molecule has 0 saturated carbocycles. The Morgan fingerprint density at radius 3 is 2.58 bits per heavy atom. The summed E-state index contributed by atoms with van der Waals surface area (Å²) in [5.74, 6) is -0.921. The van der Waals surface area contributed by atoms with E-state index >= 15 is 0 Å². The van der Waals surface area contributed by atoms with Crippen molar-refractivity contribution in [2.75, 3.05) is 7.11 Å². The fourth-order valence-corrected chi connectivity index (χ4v) is 3.40. The Hall–Kier alpha value is -2.51. The predicted molar refractivity (Wildman–Crippen MR) is 129 cm³/mol. The fourth-order valence-electron chi connectivity index (χ4n) is 3.14. The molecule has 0 bridgehead atoms. The maximum absolute atomic E-state index is 14.0. The molecule has 0 aliphatic carbocycles. The minimum absolute atomic E-state index is 0. The Kier molecular flexibility index (Phi) is 8.78. The van der Waals surface area contributed by atoms with E-state index in [1.54, 1.807) is 19.9 Å². The SMILES string of the molecule is COc1cc([N-]c2ncc(C)c([N-]c3ccc4oc(=O)n(COP(=O)(O)O)c4c3)n2)cc(C)c1F.[Ca+2]. The van der Waals surface area contributed by atoms with Gasteiger partial charge < -0.3 is 39.5 Å². The summed E-state index contributed by atoms with van der Waals surface area (Å²) in [6.07, 6.45) is 1.53. The summed E-state index contributed by atoms with van der Waals surface area (Å²) in [6.45, 7) is 2.62. The second-order valence-corrected chi connectivity index (χ2v) is 8.62. The van der Waals surface area contributed by atoms with E-state index in [4.69, 9.17) is 18.9 Å². The average Bonchev–Trinajstić information content (AvgIpc) is 3.10. The number of halogens is 1. The number of aryl methyl sites for hydroxylation is 2. The van der Waals surface area contributed by atoms with Crippen molar-refractivity contribution in [2.45, 2.75) is 20.6 Å². The Labute approximate surface area is 233 Å². The van der Waals surface area contributed by atoms with E-state index in [-0.39, 0.29) is 66.4 Å². The second kappa shape index (κ2) is 11.3. The summed E-state index contributed by atoms with van der Waals surface area (Å²) in [6, 6.07) is 7.50. The third kappa shape index (κ3) is 6.43. The van der Waals surface area contributed by atoms with Gasteiger partial charge in [0.25, 0.3) is 0 Å². The number of oxazole rings is 1. The zero-order chi connectivity index (χ0) is 25.3. The molecule has 0 saturated heterocycles. The first-order chi connectivity index (χ1) is 16.5. The summed E-state index contributed by atoms with van der Waals surface area (Å²) in [5.41, 5.74) is 2.14. The van der Waals surface area contributed by atoms with E-state index in [0.717, 1.165) is 4.57 Å². The van der Waals surface area contributed by atoms with Crippen LogP contribution in [0.2, 0.25) is 0 Å². The van der Waals surface area contributed by atoms with E-state index in [9.17, 15) is 13.8 Å². The molecular formula is C21H19CaFN5O7P.